The Bertz CT molecular complexity index is 1300. The minimum Gasteiger partial charge on any atom is -0.472 e. The number of furan rings is 1. The van der Waals surface area contributed by atoms with Gasteiger partial charge in [-0.1, -0.05) is 27.7 Å². The van der Waals surface area contributed by atoms with E-state index in [0.29, 0.717) is 5.56 Å². The van der Waals surface area contributed by atoms with Crippen molar-refractivity contribution >= 4 is 29.7 Å². The van der Waals surface area contributed by atoms with E-state index in [9.17, 15) is 24.0 Å². The maximum Gasteiger partial charge on any atom is 0.309 e. The molecule has 1 spiro atoms. The van der Waals surface area contributed by atoms with Gasteiger partial charge in [-0.15, -0.1) is 0 Å². The average molecular weight is 589 g/mol. The maximum atomic E-state index is 14.7. The van der Waals surface area contributed by atoms with Gasteiger partial charge in [-0.25, -0.2) is 0 Å². The van der Waals surface area contributed by atoms with Crippen LogP contribution in [0.25, 0.3) is 0 Å². The van der Waals surface area contributed by atoms with Crippen LogP contribution < -0.4 is 0 Å². The lowest BCUT2D eigenvalue weighted by atomic mass is 9.43. The fourth-order valence-corrected chi connectivity index (χ4v) is 9.02. The molecule has 5 fully saturated rings. The Hall–Kier alpha value is -3.21. The van der Waals surface area contributed by atoms with Crippen LogP contribution >= 0.6 is 0 Å². The SMILES string of the molecule is COC(=O)CC1C(C)(C)C(OC(C)=O)CC2OC34CC(=O)OC(c5ccoc5)C3(C)C(OC(C)=O)C(C(=O)C4C)C21C. The molecule has 2 aliphatic carbocycles. The van der Waals surface area contributed by atoms with Crippen LogP contribution in [0.15, 0.2) is 23.0 Å². The molecule has 3 saturated heterocycles. The van der Waals surface area contributed by atoms with E-state index in [1.807, 2.05) is 27.7 Å². The molecule has 10 unspecified atom stereocenters. The summed E-state index contributed by atoms with van der Waals surface area (Å²) in [6, 6.07) is 1.67. The third kappa shape index (κ3) is 3.98. The smallest absolute Gasteiger partial charge is 0.309 e. The van der Waals surface area contributed by atoms with Crippen molar-refractivity contribution in [2.45, 2.75) is 97.7 Å². The summed E-state index contributed by atoms with van der Waals surface area (Å²) in [6.45, 7) is 11.9. The molecule has 0 N–H and O–H groups in total. The lowest BCUT2D eigenvalue weighted by molar-refractivity contribution is -0.285. The first-order chi connectivity index (χ1) is 19.5. The molecule has 6 rings (SSSR count). The number of fused-ring (bicyclic) bond motifs is 1. The van der Waals surface area contributed by atoms with Gasteiger partial charge in [0.2, 0.25) is 0 Å². The molecule has 2 saturated carbocycles. The van der Waals surface area contributed by atoms with E-state index >= 15 is 0 Å². The van der Waals surface area contributed by atoms with Gasteiger partial charge in [-0.05, 0) is 18.9 Å². The van der Waals surface area contributed by atoms with Crippen molar-refractivity contribution in [2.75, 3.05) is 7.11 Å². The number of ether oxygens (including phenoxy) is 5. The van der Waals surface area contributed by atoms with Crippen LogP contribution in [-0.2, 0) is 47.7 Å². The highest BCUT2D eigenvalue weighted by molar-refractivity contribution is 5.90. The van der Waals surface area contributed by atoms with Gasteiger partial charge in [0, 0.05) is 49.0 Å². The molecule has 0 amide bonds. The van der Waals surface area contributed by atoms with Crippen LogP contribution in [0.2, 0.25) is 0 Å². The zero-order chi connectivity index (χ0) is 31.0. The Balaban J connectivity index is 1.82. The number of methoxy groups -OCH3 is 1. The van der Waals surface area contributed by atoms with Gasteiger partial charge in [0.1, 0.15) is 29.7 Å². The van der Waals surface area contributed by atoms with Gasteiger partial charge in [-0.2, -0.15) is 0 Å². The molecule has 1 aromatic heterocycles. The Morgan fingerprint density at radius 3 is 2.29 bits per heavy atom. The Morgan fingerprint density at radius 1 is 1.05 bits per heavy atom. The van der Waals surface area contributed by atoms with Gasteiger partial charge in [0.25, 0.3) is 0 Å². The van der Waals surface area contributed by atoms with Crippen LogP contribution in [0.5, 0.6) is 0 Å². The van der Waals surface area contributed by atoms with E-state index in [2.05, 4.69) is 0 Å². The molecule has 42 heavy (non-hydrogen) atoms. The highest BCUT2D eigenvalue weighted by atomic mass is 16.6. The Kier molecular flexibility index (Phi) is 7.15. The van der Waals surface area contributed by atoms with Crippen LogP contribution in [-0.4, -0.2) is 60.7 Å². The number of esters is 4. The van der Waals surface area contributed by atoms with E-state index in [1.54, 1.807) is 13.0 Å². The summed E-state index contributed by atoms with van der Waals surface area (Å²) in [5.41, 5.74) is -4.12. The third-order valence-corrected chi connectivity index (χ3v) is 11.1. The molecule has 2 bridgehead atoms. The van der Waals surface area contributed by atoms with Crippen molar-refractivity contribution in [3.63, 3.8) is 0 Å². The predicted octanol–water partition coefficient (Wildman–Crippen LogP) is 3.73. The highest BCUT2D eigenvalue weighted by Gasteiger charge is 2.80. The number of rotatable bonds is 5. The molecular formula is C31H40O11. The minimum atomic E-state index is -1.46. The van der Waals surface area contributed by atoms with Gasteiger partial charge >= 0.3 is 23.9 Å². The fourth-order valence-electron chi connectivity index (χ4n) is 9.02. The van der Waals surface area contributed by atoms with Crippen molar-refractivity contribution < 1.29 is 52.1 Å². The number of Topliss-reactive ketones (excluding diaryl/α,β-unsaturated/α-hetero) is 1. The summed E-state index contributed by atoms with van der Waals surface area (Å²) in [6.07, 6.45) is -0.751. The molecule has 1 aromatic rings. The monoisotopic (exact) mass is 588 g/mol. The fraction of sp³-hybridized carbons (Fsp3) is 0.710. The van der Waals surface area contributed by atoms with Crippen molar-refractivity contribution in [1.82, 2.24) is 0 Å². The molecule has 230 valence electrons. The predicted molar refractivity (Wildman–Crippen MR) is 143 cm³/mol. The molecule has 10 atom stereocenters. The Labute approximate surface area is 244 Å². The summed E-state index contributed by atoms with van der Waals surface area (Å²) in [5, 5.41) is 0. The zero-order valence-electron chi connectivity index (χ0n) is 25.4. The molecule has 5 aliphatic rings. The largest absolute Gasteiger partial charge is 0.472 e. The number of carbonyl (C=O) groups excluding carboxylic acids is 5. The summed E-state index contributed by atoms with van der Waals surface area (Å²) in [4.78, 5) is 66.1. The van der Waals surface area contributed by atoms with Gasteiger partial charge in [-0.3, -0.25) is 24.0 Å². The number of hydrogen-bond donors (Lipinski definition) is 0. The first-order valence-electron chi connectivity index (χ1n) is 14.4. The van der Waals surface area contributed by atoms with Gasteiger partial charge in [0.15, 0.2) is 0 Å². The molecule has 0 aromatic carbocycles. The van der Waals surface area contributed by atoms with Crippen LogP contribution in [0.4, 0.5) is 0 Å². The summed E-state index contributed by atoms with van der Waals surface area (Å²) >= 11 is 0. The second-order valence-electron chi connectivity index (χ2n) is 13.4. The van der Waals surface area contributed by atoms with Crippen LogP contribution in [0, 0.1) is 34.0 Å². The van der Waals surface area contributed by atoms with Gasteiger partial charge < -0.3 is 28.1 Å². The second kappa shape index (κ2) is 9.92. The van der Waals surface area contributed by atoms with Crippen LogP contribution in [0.1, 0.15) is 79.4 Å². The van der Waals surface area contributed by atoms with E-state index in [1.165, 1.54) is 33.5 Å². The minimum absolute atomic E-state index is 0.104. The first-order valence-corrected chi connectivity index (χ1v) is 14.4. The molecule has 0 radical (unpaired) electrons. The lowest BCUT2D eigenvalue weighted by Crippen LogP contribution is -2.72. The first kappa shape index (κ1) is 30.3. The van der Waals surface area contributed by atoms with Crippen molar-refractivity contribution in [2.24, 2.45) is 34.0 Å². The summed E-state index contributed by atoms with van der Waals surface area (Å²) in [5.74, 6) is -4.78. The normalized spacial score (nSPS) is 42.0. The maximum absolute atomic E-state index is 14.7. The van der Waals surface area contributed by atoms with E-state index in [0.717, 1.165) is 0 Å². The van der Waals surface area contributed by atoms with Crippen molar-refractivity contribution in [3.8, 4) is 0 Å². The standard InChI is InChI=1S/C31H40O11/c1-15-25(36)24-27(40-17(3)33)30(7)26(18-9-10-38-14-18)41-23(35)13-31(15,30)42-21-12-20(39-16(2)32)28(4,5)19(29(21,24)6)11-22(34)37-8/h9-10,14-15,19-21,24,26-27H,11-13H2,1-8H3. The van der Waals surface area contributed by atoms with E-state index < -0.39 is 87.9 Å². The number of ketones is 1. The number of hydrogen-bond acceptors (Lipinski definition) is 11. The van der Waals surface area contributed by atoms with Crippen molar-refractivity contribution in [1.29, 1.82) is 0 Å². The average Bonchev–Trinajstić information content (AvgIpc) is 3.40. The van der Waals surface area contributed by atoms with Crippen LogP contribution in [0.3, 0.4) is 0 Å². The van der Waals surface area contributed by atoms with Gasteiger partial charge in [0.05, 0.1) is 43.5 Å². The van der Waals surface area contributed by atoms with Crippen molar-refractivity contribution in [3.05, 3.63) is 24.2 Å². The highest BCUT2D eigenvalue weighted by Crippen LogP contribution is 2.71. The topological polar surface area (TPSA) is 145 Å². The molecule has 11 nitrogen and oxygen atoms in total. The summed E-state index contributed by atoms with van der Waals surface area (Å²) < 4.78 is 35.6. The molecule has 11 heteroatoms. The van der Waals surface area contributed by atoms with E-state index in [-0.39, 0.29) is 25.0 Å². The quantitative estimate of drug-likeness (QED) is 0.366. The second-order valence-corrected chi connectivity index (χ2v) is 13.4. The molecule has 3 aliphatic heterocycles. The third-order valence-electron chi connectivity index (χ3n) is 11.1. The molecule has 4 heterocycles. The summed E-state index contributed by atoms with van der Waals surface area (Å²) in [7, 11) is 1.29. The molecular weight excluding hydrogens is 548 g/mol. The Morgan fingerprint density at radius 2 is 1.71 bits per heavy atom. The number of cyclic esters (lactones) is 1. The zero-order valence-corrected chi connectivity index (χ0v) is 25.4. The van der Waals surface area contributed by atoms with E-state index in [4.69, 9.17) is 28.1 Å². The lowest BCUT2D eigenvalue weighted by Gasteiger charge is -2.61. The number of carbonyl (C=O) groups is 5.